The average molecular weight is 630 g/mol. The fraction of sp³-hybridized carbons (Fsp3) is 0.353. The number of carbonyl (C=O) groups excluding carboxylic acids is 1. The van der Waals surface area contributed by atoms with Crippen molar-refractivity contribution in [3.8, 4) is 11.5 Å². The van der Waals surface area contributed by atoms with E-state index in [9.17, 15) is 0 Å². The number of hydrogen-bond donors (Lipinski definition) is 2. The van der Waals surface area contributed by atoms with E-state index in [-0.39, 0.29) is 12.3 Å². The molecule has 0 atom stereocenters. The molecule has 242 valence electrons. The van der Waals surface area contributed by atoms with Gasteiger partial charge in [-0.2, -0.15) is 0 Å². The molecule has 4 heterocycles. The van der Waals surface area contributed by atoms with E-state index < -0.39 is 5.82 Å². The summed E-state index contributed by atoms with van der Waals surface area (Å²) in [5, 5.41) is 7.54. The van der Waals surface area contributed by atoms with E-state index in [0.29, 0.717) is 35.2 Å². The fourth-order valence-corrected chi connectivity index (χ4v) is 5.32. The van der Waals surface area contributed by atoms with E-state index in [0.717, 1.165) is 74.7 Å². The van der Waals surface area contributed by atoms with Crippen LogP contribution in [0.25, 0.3) is 10.9 Å². The van der Waals surface area contributed by atoms with E-state index in [1.807, 2.05) is 30.5 Å². The molecule has 2 fully saturated rings. The van der Waals surface area contributed by atoms with Crippen molar-refractivity contribution in [1.82, 2.24) is 19.9 Å². The zero-order chi connectivity index (χ0) is 32.3. The number of aromatic nitrogens is 3. The Balaban J connectivity index is 0.000000985. The van der Waals surface area contributed by atoms with Crippen LogP contribution in [0, 0.1) is 5.82 Å². The molecule has 2 aliphatic heterocycles. The summed E-state index contributed by atoms with van der Waals surface area (Å²) in [7, 11) is 3.79. The number of carbonyl (C=O) groups is 1. The van der Waals surface area contributed by atoms with Crippen molar-refractivity contribution >= 4 is 40.1 Å². The number of likely N-dealkylation sites (tertiary alicyclic amines) is 1. The molecule has 0 spiro atoms. The Hall–Kier alpha value is -4.81. The Morgan fingerprint density at radius 1 is 1.04 bits per heavy atom. The summed E-state index contributed by atoms with van der Waals surface area (Å²) in [6, 6.07) is 12.9. The molecule has 6 rings (SSSR count). The van der Waals surface area contributed by atoms with Gasteiger partial charge in [0.1, 0.15) is 42.4 Å². The van der Waals surface area contributed by atoms with Crippen LogP contribution in [0.3, 0.4) is 0 Å². The molecule has 2 aliphatic rings. The number of pyridine rings is 1. The number of ether oxygens (including phenoxy) is 3. The van der Waals surface area contributed by atoms with Crippen molar-refractivity contribution in [2.75, 3.05) is 69.1 Å². The number of piperidine rings is 1. The normalized spacial score (nSPS) is 15.4. The van der Waals surface area contributed by atoms with Gasteiger partial charge in [0.05, 0.1) is 54.8 Å². The van der Waals surface area contributed by atoms with Gasteiger partial charge in [0.25, 0.3) is 0 Å². The number of rotatable bonds is 10. The molecule has 46 heavy (non-hydrogen) atoms. The highest BCUT2D eigenvalue weighted by Gasteiger charge is 2.19. The molecule has 4 aromatic rings. The van der Waals surface area contributed by atoms with Crippen LogP contribution in [-0.4, -0.2) is 85.7 Å². The number of nitrogens with one attached hydrogen (secondary N) is 2. The third kappa shape index (κ3) is 8.46. The number of methoxy groups -OCH3 is 1. The Morgan fingerprint density at radius 3 is 2.50 bits per heavy atom. The van der Waals surface area contributed by atoms with E-state index in [1.54, 1.807) is 19.2 Å². The lowest BCUT2D eigenvalue weighted by atomic mass is 10.0. The van der Waals surface area contributed by atoms with Crippen LogP contribution in [-0.2, 0) is 16.1 Å². The number of benzene rings is 2. The first-order valence-corrected chi connectivity index (χ1v) is 15.3. The zero-order valence-electron chi connectivity index (χ0n) is 26.2. The second-order valence-corrected chi connectivity index (χ2v) is 11.0. The number of fused-ring (bicyclic) bond motifs is 1. The van der Waals surface area contributed by atoms with Crippen LogP contribution < -0.4 is 25.0 Å². The first kappa shape index (κ1) is 32.6. The summed E-state index contributed by atoms with van der Waals surface area (Å²) in [5.41, 5.74) is 3.68. The second-order valence-electron chi connectivity index (χ2n) is 11.0. The minimum absolute atomic E-state index is 0.237. The molecule has 2 aromatic heterocycles. The molecule has 2 N–H and O–H groups in total. The highest BCUT2D eigenvalue weighted by atomic mass is 19.1. The fourth-order valence-electron chi connectivity index (χ4n) is 5.32. The van der Waals surface area contributed by atoms with Crippen molar-refractivity contribution in [3.63, 3.8) is 0 Å². The Bertz CT molecular complexity index is 1600. The van der Waals surface area contributed by atoms with Gasteiger partial charge in [-0.25, -0.2) is 14.4 Å². The van der Waals surface area contributed by atoms with Gasteiger partial charge in [-0.15, -0.1) is 0 Å². The van der Waals surface area contributed by atoms with E-state index in [4.69, 9.17) is 19.0 Å². The summed E-state index contributed by atoms with van der Waals surface area (Å²) in [5.74, 6) is 1.18. The van der Waals surface area contributed by atoms with Crippen LogP contribution in [0.15, 0.2) is 67.6 Å². The summed E-state index contributed by atoms with van der Waals surface area (Å²) in [6.45, 7) is 8.58. The number of aldehydes is 1. The minimum atomic E-state index is -0.451. The van der Waals surface area contributed by atoms with Crippen LogP contribution in [0.1, 0.15) is 18.5 Å². The van der Waals surface area contributed by atoms with E-state index >= 15 is 4.39 Å². The van der Waals surface area contributed by atoms with E-state index in [1.165, 1.54) is 18.5 Å². The lowest BCUT2D eigenvalue weighted by Gasteiger charge is -2.30. The third-order valence-electron chi connectivity index (χ3n) is 7.90. The smallest absolute Gasteiger partial charge is 0.150 e. The molecule has 11 nitrogen and oxygen atoms in total. The summed E-state index contributed by atoms with van der Waals surface area (Å²) in [4.78, 5) is 27.0. The van der Waals surface area contributed by atoms with Crippen molar-refractivity contribution in [1.29, 1.82) is 0 Å². The molecule has 2 saturated heterocycles. The van der Waals surface area contributed by atoms with Gasteiger partial charge in [0.2, 0.25) is 0 Å². The molecule has 2 aromatic carbocycles. The Kier molecular flexibility index (Phi) is 11.3. The molecular formula is C34H40FN7O4. The van der Waals surface area contributed by atoms with Gasteiger partial charge in [0, 0.05) is 36.7 Å². The van der Waals surface area contributed by atoms with Gasteiger partial charge in [-0.3, -0.25) is 9.78 Å². The molecule has 0 bridgehead atoms. The van der Waals surface area contributed by atoms with Gasteiger partial charge in [0.15, 0.2) is 0 Å². The molecule has 0 aliphatic carbocycles. The highest BCUT2D eigenvalue weighted by molar-refractivity contribution is 5.95. The van der Waals surface area contributed by atoms with Crippen LogP contribution >= 0.6 is 0 Å². The third-order valence-corrected chi connectivity index (χ3v) is 7.90. The predicted octanol–water partition coefficient (Wildman–Crippen LogP) is 5.21. The van der Waals surface area contributed by atoms with Crippen molar-refractivity contribution < 1.29 is 23.4 Å². The van der Waals surface area contributed by atoms with Crippen LogP contribution in [0.5, 0.6) is 11.5 Å². The van der Waals surface area contributed by atoms with Gasteiger partial charge in [-0.1, -0.05) is 6.58 Å². The molecule has 0 radical (unpaired) electrons. The number of hydrogen-bond acceptors (Lipinski definition) is 11. The highest BCUT2D eigenvalue weighted by Crippen LogP contribution is 2.35. The van der Waals surface area contributed by atoms with E-state index in [2.05, 4.69) is 49.0 Å². The maximum absolute atomic E-state index is 15.2. The molecule has 0 saturated carbocycles. The van der Waals surface area contributed by atoms with Crippen molar-refractivity contribution in [3.05, 3.63) is 79.2 Å². The minimum Gasteiger partial charge on any atom is -0.495 e. The largest absolute Gasteiger partial charge is 0.495 e. The first-order chi connectivity index (χ1) is 22.5. The zero-order valence-corrected chi connectivity index (χ0v) is 26.2. The molecular weight excluding hydrogens is 589 g/mol. The monoisotopic (exact) mass is 629 g/mol. The summed E-state index contributed by atoms with van der Waals surface area (Å²) >= 11 is 0. The average Bonchev–Trinajstić information content (AvgIpc) is 3.10. The molecule has 12 heteroatoms. The van der Waals surface area contributed by atoms with Crippen molar-refractivity contribution in [2.45, 2.75) is 25.5 Å². The Morgan fingerprint density at radius 2 is 1.83 bits per heavy atom. The van der Waals surface area contributed by atoms with Gasteiger partial charge < -0.3 is 34.6 Å². The van der Waals surface area contributed by atoms with Crippen LogP contribution in [0.2, 0.25) is 0 Å². The van der Waals surface area contributed by atoms with Gasteiger partial charge in [-0.05, 0) is 69.4 Å². The lowest BCUT2D eigenvalue weighted by molar-refractivity contribution is -0.104. The van der Waals surface area contributed by atoms with Gasteiger partial charge >= 0.3 is 0 Å². The summed E-state index contributed by atoms with van der Waals surface area (Å²) < 4.78 is 32.1. The molecule has 0 amide bonds. The Labute approximate surface area is 268 Å². The second kappa shape index (κ2) is 16.0. The number of anilines is 4. The molecule has 0 unspecified atom stereocenters. The topological polar surface area (TPSA) is 114 Å². The maximum Gasteiger partial charge on any atom is 0.150 e. The maximum atomic E-state index is 15.2. The lowest BCUT2D eigenvalue weighted by Crippen LogP contribution is -2.36. The standard InChI is InChI=1S/C31H36FN7O3.C3H4O/c1-38-9-7-21(8-10-38)36-29-16-25-28(17-30(29)40-2)34-20-35-31(25)37-27-6-5-24(15-26(27)32)42-19-22-3-4-23(18-33-22)39-11-13-41-14-12-39;1-2-3-4/h3-6,15-18,20-21,36H,7-14,19H2,1-2H3,(H,34,35,37);2-3H,1H2. The quantitative estimate of drug-likeness (QED) is 0.178. The number of allylic oxidation sites excluding steroid dienone is 1. The predicted molar refractivity (Wildman–Crippen MR) is 178 cm³/mol. The summed E-state index contributed by atoms with van der Waals surface area (Å²) in [6.07, 6.45) is 7.22. The number of nitrogens with zero attached hydrogens (tertiary/aromatic N) is 5. The SMILES string of the molecule is C=CC=O.COc1cc2ncnc(Nc3ccc(OCc4ccc(N5CCOCC5)cn4)cc3F)c2cc1NC1CCN(C)CC1. The van der Waals surface area contributed by atoms with Crippen molar-refractivity contribution in [2.24, 2.45) is 0 Å². The first-order valence-electron chi connectivity index (χ1n) is 15.3. The van der Waals surface area contributed by atoms with Crippen LogP contribution in [0.4, 0.5) is 27.3 Å². The number of halogens is 1. The number of morpholine rings is 1.